The Labute approximate surface area is 133 Å². The lowest BCUT2D eigenvalue weighted by atomic mass is 9.73. The average Bonchev–Trinajstić information content (AvgIpc) is 2.53. The van der Waals surface area contributed by atoms with Gasteiger partial charge in [-0.3, -0.25) is 4.79 Å². The Balaban J connectivity index is 2.25. The quantitative estimate of drug-likeness (QED) is 0.745. The zero-order valence-corrected chi connectivity index (χ0v) is 12.8. The van der Waals surface area contributed by atoms with Crippen molar-refractivity contribution in [3.8, 4) is 0 Å². The minimum atomic E-state index is -2.07. The second kappa shape index (κ2) is 6.64. The minimum absolute atomic E-state index is 0.346. The first-order valence-electron chi connectivity index (χ1n) is 7.36. The van der Waals surface area contributed by atoms with Crippen LogP contribution >= 0.6 is 0 Å². The number of carbonyl (C=O) groups excluding carboxylic acids is 1. The number of aliphatic carboxylic acids is 1. The number of carbonyl (C=O) groups is 2. The van der Waals surface area contributed by atoms with E-state index in [1.165, 1.54) is 18.2 Å². The number of halogens is 1. The fraction of sp³-hybridized carbons (Fsp3) is 0.500. The molecule has 7 heteroatoms. The summed E-state index contributed by atoms with van der Waals surface area (Å²) in [7, 11) is 0. The monoisotopic (exact) mass is 325 g/mol. The Bertz CT molecular complexity index is 596. The van der Waals surface area contributed by atoms with Gasteiger partial charge in [0, 0.05) is 13.2 Å². The first-order chi connectivity index (χ1) is 10.8. The summed E-state index contributed by atoms with van der Waals surface area (Å²) in [5, 5.41) is 21.1. The van der Waals surface area contributed by atoms with Crippen molar-refractivity contribution < 1.29 is 28.9 Å². The molecule has 6 nitrogen and oxygen atoms in total. The van der Waals surface area contributed by atoms with Crippen LogP contribution in [0.5, 0.6) is 0 Å². The van der Waals surface area contributed by atoms with Gasteiger partial charge in [0.1, 0.15) is 5.82 Å². The van der Waals surface area contributed by atoms with Crippen LogP contribution in [0.15, 0.2) is 24.3 Å². The van der Waals surface area contributed by atoms with E-state index in [4.69, 9.17) is 9.84 Å². The summed E-state index contributed by atoms with van der Waals surface area (Å²) >= 11 is 0. The molecule has 0 radical (unpaired) electrons. The van der Waals surface area contributed by atoms with E-state index in [0.717, 1.165) is 6.92 Å². The fourth-order valence-electron chi connectivity index (χ4n) is 2.65. The van der Waals surface area contributed by atoms with Crippen LogP contribution in [-0.4, -0.2) is 47.4 Å². The topological polar surface area (TPSA) is 95.9 Å². The van der Waals surface area contributed by atoms with E-state index in [1.54, 1.807) is 6.07 Å². The van der Waals surface area contributed by atoms with Gasteiger partial charge in [-0.15, -0.1) is 0 Å². The minimum Gasteiger partial charge on any atom is -0.479 e. The van der Waals surface area contributed by atoms with E-state index in [-0.39, 0.29) is 0 Å². The van der Waals surface area contributed by atoms with Gasteiger partial charge in [0.15, 0.2) is 5.60 Å². The summed E-state index contributed by atoms with van der Waals surface area (Å²) in [6.07, 6.45) is 0.717. The van der Waals surface area contributed by atoms with Crippen molar-refractivity contribution in [3.05, 3.63) is 35.6 Å². The Morgan fingerprint density at radius 1 is 1.39 bits per heavy atom. The lowest BCUT2D eigenvalue weighted by molar-refractivity contribution is -0.156. The Hall–Kier alpha value is -1.99. The molecule has 126 valence electrons. The molecule has 1 aromatic carbocycles. The number of amides is 1. The Morgan fingerprint density at radius 3 is 2.61 bits per heavy atom. The van der Waals surface area contributed by atoms with Crippen molar-refractivity contribution >= 4 is 11.9 Å². The zero-order chi connectivity index (χ0) is 17.1. The van der Waals surface area contributed by atoms with Crippen LogP contribution in [0.2, 0.25) is 0 Å². The normalized spacial score (nSPS) is 19.6. The summed E-state index contributed by atoms with van der Waals surface area (Å²) in [6, 6.07) is 5.80. The molecule has 0 spiro atoms. The second-order valence-corrected chi connectivity index (χ2v) is 5.97. The number of carboxylic acid groups (broad SMARTS) is 1. The van der Waals surface area contributed by atoms with Gasteiger partial charge in [0.25, 0.3) is 0 Å². The van der Waals surface area contributed by atoms with Crippen LogP contribution in [0, 0.1) is 5.82 Å². The molecule has 1 unspecified atom stereocenters. The third-order valence-electron chi connectivity index (χ3n) is 4.21. The van der Waals surface area contributed by atoms with E-state index in [2.05, 4.69) is 5.32 Å². The van der Waals surface area contributed by atoms with Crippen LogP contribution in [-0.2, 0) is 19.7 Å². The van der Waals surface area contributed by atoms with E-state index in [9.17, 15) is 19.1 Å². The number of carboxylic acids is 1. The van der Waals surface area contributed by atoms with Gasteiger partial charge in [-0.1, -0.05) is 12.1 Å². The first-order valence-corrected chi connectivity index (χ1v) is 7.36. The van der Waals surface area contributed by atoms with E-state index >= 15 is 0 Å². The largest absolute Gasteiger partial charge is 0.479 e. The van der Waals surface area contributed by atoms with Gasteiger partial charge >= 0.3 is 5.97 Å². The molecule has 1 aliphatic rings. The molecular weight excluding hydrogens is 305 g/mol. The Morgan fingerprint density at radius 2 is 2.04 bits per heavy atom. The van der Waals surface area contributed by atoms with E-state index < -0.39 is 35.3 Å². The van der Waals surface area contributed by atoms with E-state index in [1.807, 2.05) is 0 Å². The molecule has 1 amide bonds. The molecule has 23 heavy (non-hydrogen) atoms. The van der Waals surface area contributed by atoms with Crippen LogP contribution < -0.4 is 5.32 Å². The standard InChI is InChI=1S/C16H20FNO5/c1-15(22,14(20)21)10-18-13(19)16(5-7-23-8-6-16)11-3-2-4-12(17)9-11/h2-4,9,22H,5-8,10H2,1H3,(H,18,19)(H,20,21). The maximum Gasteiger partial charge on any atom is 0.337 e. The maximum atomic E-state index is 13.6. The molecule has 0 aliphatic carbocycles. The van der Waals surface area contributed by atoms with Crippen molar-refractivity contribution in [2.45, 2.75) is 30.8 Å². The number of hydrogen-bond acceptors (Lipinski definition) is 4. The lowest BCUT2D eigenvalue weighted by Crippen LogP contribution is -2.53. The summed E-state index contributed by atoms with van der Waals surface area (Å²) in [5.41, 5.74) is -2.54. The van der Waals surface area contributed by atoms with Gasteiger partial charge in [0.2, 0.25) is 5.91 Å². The number of ether oxygens (including phenoxy) is 1. The zero-order valence-electron chi connectivity index (χ0n) is 12.8. The number of aliphatic hydroxyl groups is 1. The molecule has 0 bridgehead atoms. The van der Waals surface area contributed by atoms with Crippen LogP contribution in [0.3, 0.4) is 0 Å². The smallest absolute Gasteiger partial charge is 0.337 e. The maximum absolute atomic E-state index is 13.6. The molecule has 2 rings (SSSR count). The highest BCUT2D eigenvalue weighted by atomic mass is 19.1. The van der Waals surface area contributed by atoms with Crippen LogP contribution in [0.1, 0.15) is 25.3 Å². The predicted molar refractivity (Wildman–Crippen MR) is 79.4 cm³/mol. The molecule has 0 aromatic heterocycles. The van der Waals surface area contributed by atoms with Crippen molar-refractivity contribution in [2.75, 3.05) is 19.8 Å². The highest BCUT2D eigenvalue weighted by molar-refractivity contribution is 5.89. The number of benzene rings is 1. The van der Waals surface area contributed by atoms with Crippen molar-refractivity contribution in [1.29, 1.82) is 0 Å². The van der Waals surface area contributed by atoms with Crippen molar-refractivity contribution in [1.82, 2.24) is 5.32 Å². The number of nitrogens with one attached hydrogen (secondary N) is 1. The van der Waals surface area contributed by atoms with Crippen molar-refractivity contribution in [3.63, 3.8) is 0 Å². The third-order valence-corrected chi connectivity index (χ3v) is 4.21. The summed E-state index contributed by atoms with van der Waals surface area (Å²) in [5.74, 6) is -2.31. The molecule has 3 N–H and O–H groups in total. The van der Waals surface area contributed by atoms with Gasteiger partial charge in [-0.05, 0) is 37.5 Å². The highest BCUT2D eigenvalue weighted by Crippen LogP contribution is 2.35. The summed E-state index contributed by atoms with van der Waals surface area (Å²) in [4.78, 5) is 23.6. The van der Waals surface area contributed by atoms with Gasteiger partial charge in [-0.25, -0.2) is 9.18 Å². The van der Waals surface area contributed by atoms with Gasteiger partial charge < -0.3 is 20.3 Å². The molecular formula is C16H20FNO5. The molecule has 1 aromatic rings. The SMILES string of the molecule is CC(O)(CNC(=O)C1(c2cccc(F)c2)CCOCC1)C(=O)O. The summed E-state index contributed by atoms with van der Waals surface area (Å²) < 4.78 is 18.8. The number of hydrogen-bond donors (Lipinski definition) is 3. The number of rotatable bonds is 5. The molecule has 1 aliphatic heterocycles. The molecule has 1 heterocycles. The van der Waals surface area contributed by atoms with Gasteiger partial charge in [0.05, 0.1) is 12.0 Å². The lowest BCUT2D eigenvalue weighted by Gasteiger charge is -2.36. The third kappa shape index (κ3) is 3.68. The first kappa shape index (κ1) is 17.4. The predicted octanol–water partition coefficient (Wildman–Crippen LogP) is 0.826. The molecule has 1 fully saturated rings. The Kier molecular flexibility index (Phi) is 5.01. The summed E-state index contributed by atoms with van der Waals surface area (Å²) in [6.45, 7) is 1.37. The van der Waals surface area contributed by atoms with Gasteiger partial charge in [-0.2, -0.15) is 0 Å². The highest BCUT2D eigenvalue weighted by Gasteiger charge is 2.43. The second-order valence-electron chi connectivity index (χ2n) is 5.97. The van der Waals surface area contributed by atoms with Crippen molar-refractivity contribution in [2.24, 2.45) is 0 Å². The molecule has 1 saturated heterocycles. The van der Waals surface area contributed by atoms with Crippen LogP contribution in [0.25, 0.3) is 0 Å². The average molecular weight is 325 g/mol. The fourth-order valence-corrected chi connectivity index (χ4v) is 2.65. The van der Waals surface area contributed by atoms with Crippen LogP contribution in [0.4, 0.5) is 4.39 Å². The molecule has 1 atom stereocenters. The van der Waals surface area contributed by atoms with E-state index in [0.29, 0.717) is 31.6 Å². The molecule has 0 saturated carbocycles.